The van der Waals surface area contributed by atoms with Crippen LogP contribution in [0.15, 0.2) is 66.9 Å². The molecule has 2 N–H and O–H groups in total. The maximum Gasteiger partial charge on any atom is 0.256 e. The van der Waals surface area contributed by atoms with Gasteiger partial charge in [0.25, 0.3) is 5.91 Å². The first kappa shape index (κ1) is 15.7. The van der Waals surface area contributed by atoms with E-state index < -0.39 is 0 Å². The predicted molar refractivity (Wildman–Crippen MR) is 93.1 cm³/mol. The van der Waals surface area contributed by atoms with E-state index >= 15 is 0 Å². The molecule has 0 radical (unpaired) electrons. The van der Waals surface area contributed by atoms with Gasteiger partial charge in [-0.05, 0) is 55.5 Å². The summed E-state index contributed by atoms with van der Waals surface area (Å²) in [5.74, 6) is -0.0279. The summed E-state index contributed by atoms with van der Waals surface area (Å²) in [5.41, 5.74) is 3.18. The van der Waals surface area contributed by atoms with Crippen LogP contribution in [0.2, 0.25) is 0 Å². The highest BCUT2D eigenvalue weighted by Crippen LogP contribution is 2.17. The van der Waals surface area contributed by atoms with Crippen LogP contribution >= 0.6 is 0 Å². The number of amides is 1. The van der Waals surface area contributed by atoms with Gasteiger partial charge in [0.15, 0.2) is 0 Å². The molecule has 0 aliphatic heterocycles. The predicted octanol–water partition coefficient (Wildman–Crippen LogP) is 4.53. The molecule has 0 saturated heterocycles. The van der Waals surface area contributed by atoms with Crippen LogP contribution in [0.1, 0.15) is 15.9 Å². The molecule has 1 heterocycles. The summed E-state index contributed by atoms with van der Waals surface area (Å²) in [4.78, 5) is 16.3. The number of nitrogens with one attached hydrogen (secondary N) is 2. The van der Waals surface area contributed by atoms with E-state index in [2.05, 4.69) is 15.6 Å². The average Bonchev–Trinajstić information content (AvgIpc) is 2.59. The van der Waals surface area contributed by atoms with Crippen LogP contribution < -0.4 is 10.6 Å². The third-order valence-corrected chi connectivity index (χ3v) is 3.45. The lowest BCUT2D eigenvalue weighted by Gasteiger charge is -2.08. The molecule has 0 fully saturated rings. The monoisotopic (exact) mass is 321 g/mol. The summed E-state index contributed by atoms with van der Waals surface area (Å²) in [6.45, 7) is 1.97. The zero-order valence-corrected chi connectivity index (χ0v) is 13.1. The highest BCUT2D eigenvalue weighted by molar-refractivity contribution is 6.03. The molecule has 24 heavy (non-hydrogen) atoms. The van der Waals surface area contributed by atoms with Crippen LogP contribution in [0.3, 0.4) is 0 Å². The molecule has 4 nitrogen and oxygen atoms in total. The molecule has 3 rings (SSSR count). The number of carbonyl (C=O) groups is 1. The fraction of sp³-hybridized carbons (Fsp3) is 0.0526. The first-order chi connectivity index (χ1) is 11.6. The molecular formula is C19H16FN3O. The minimum Gasteiger partial charge on any atom is -0.354 e. The van der Waals surface area contributed by atoms with Crippen molar-refractivity contribution in [3.63, 3.8) is 0 Å². The van der Waals surface area contributed by atoms with Crippen molar-refractivity contribution in [1.82, 2.24) is 4.98 Å². The van der Waals surface area contributed by atoms with E-state index in [0.717, 1.165) is 16.9 Å². The third-order valence-electron chi connectivity index (χ3n) is 3.45. The van der Waals surface area contributed by atoms with E-state index in [1.165, 1.54) is 12.1 Å². The van der Waals surface area contributed by atoms with Gasteiger partial charge in [0.05, 0.1) is 11.9 Å². The lowest BCUT2D eigenvalue weighted by Crippen LogP contribution is -2.12. The molecular weight excluding hydrogens is 305 g/mol. The number of hydrogen-bond acceptors (Lipinski definition) is 3. The molecule has 0 saturated carbocycles. The normalized spacial score (nSPS) is 10.2. The molecule has 120 valence electrons. The zero-order valence-electron chi connectivity index (χ0n) is 13.1. The number of halogens is 1. The average molecular weight is 321 g/mol. The highest BCUT2D eigenvalue weighted by Gasteiger charge is 2.06. The van der Waals surface area contributed by atoms with Crippen molar-refractivity contribution in [3.05, 3.63) is 83.8 Å². The molecule has 0 aliphatic rings. The minimum absolute atomic E-state index is 0.207. The van der Waals surface area contributed by atoms with Gasteiger partial charge in [-0.2, -0.15) is 0 Å². The maximum atomic E-state index is 12.9. The minimum atomic E-state index is -0.284. The van der Waals surface area contributed by atoms with Gasteiger partial charge in [0.1, 0.15) is 11.6 Å². The van der Waals surface area contributed by atoms with Crippen molar-refractivity contribution in [3.8, 4) is 0 Å². The van der Waals surface area contributed by atoms with E-state index in [0.29, 0.717) is 11.4 Å². The van der Waals surface area contributed by atoms with Gasteiger partial charge in [-0.15, -0.1) is 0 Å². The van der Waals surface area contributed by atoms with Gasteiger partial charge in [-0.1, -0.05) is 17.7 Å². The molecule has 5 heteroatoms. The van der Waals surface area contributed by atoms with Crippen LogP contribution in [0.25, 0.3) is 0 Å². The SMILES string of the molecule is Cc1ccc(C(=O)Nc2ccc(Nc3ccc(F)cc3)cn2)cc1. The number of carbonyl (C=O) groups excluding carboxylic acids is 1. The second-order valence-electron chi connectivity index (χ2n) is 5.38. The van der Waals surface area contributed by atoms with Crippen molar-refractivity contribution >= 4 is 23.1 Å². The van der Waals surface area contributed by atoms with Gasteiger partial charge < -0.3 is 10.6 Å². The van der Waals surface area contributed by atoms with Crippen LogP contribution in [0, 0.1) is 12.7 Å². The van der Waals surface area contributed by atoms with Crippen LogP contribution in [0.4, 0.5) is 21.6 Å². The smallest absolute Gasteiger partial charge is 0.256 e. The van der Waals surface area contributed by atoms with Crippen LogP contribution in [0.5, 0.6) is 0 Å². The van der Waals surface area contributed by atoms with E-state index in [-0.39, 0.29) is 11.7 Å². The van der Waals surface area contributed by atoms with E-state index in [1.807, 2.05) is 19.1 Å². The Labute approximate surface area is 139 Å². The Kier molecular flexibility index (Phi) is 4.52. The van der Waals surface area contributed by atoms with Gasteiger partial charge >= 0.3 is 0 Å². The number of nitrogens with zero attached hydrogens (tertiary/aromatic N) is 1. The van der Waals surface area contributed by atoms with Crippen molar-refractivity contribution in [2.75, 3.05) is 10.6 Å². The standard InChI is InChI=1S/C19H16FN3O/c1-13-2-4-14(5-3-13)19(24)23-18-11-10-17(12-21-18)22-16-8-6-15(20)7-9-16/h2-12,22H,1H3,(H,21,23,24). The van der Waals surface area contributed by atoms with Gasteiger partial charge in [0.2, 0.25) is 0 Å². The number of rotatable bonds is 4. The Balaban J connectivity index is 1.64. The van der Waals surface area contributed by atoms with E-state index in [4.69, 9.17) is 0 Å². The van der Waals surface area contributed by atoms with E-state index in [9.17, 15) is 9.18 Å². The second-order valence-corrected chi connectivity index (χ2v) is 5.38. The number of pyridine rings is 1. The molecule has 3 aromatic rings. The molecule has 0 atom stereocenters. The first-order valence-corrected chi connectivity index (χ1v) is 7.47. The molecule has 2 aromatic carbocycles. The Morgan fingerprint density at radius 2 is 1.58 bits per heavy atom. The molecule has 0 unspecified atom stereocenters. The fourth-order valence-corrected chi connectivity index (χ4v) is 2.14. The second kappa shape index (κ2) is 6.91. The number of benzene rings is 2. The Hall–Kier alpha value is -3.21. The zero-order chi connectivity index (χ0) is 16.9. The van der Waals surface area contributed by atoms with E-state index in [1.54, 1.807) is 42.6 Å². The molecule has 0 aliphatic carbocycles. The van der Waals surface area contributed by atoms with Crippen molar-refractivity contribution < 1.29 is 9.18 Å². The summed E-state index contributed by atoms with van der Waals surface area (Å²) in [6.07, 6.45) is 1.61. The molecule has 0 spiro atoms. The maximum absolute atomic E-state index is 12.9. The summed E-state index contributed by atoms with van der Waals surface area (Å²) < 4.78 is 12.9. The molecule has 0 bridgehead atoms. The Morgan fingerprint density at radius 3 is 2.21 bits per heavy atom. The summed E-state index contributed by atoms with van der Waals surface area (Å²) in [5, 5.41) is 5.86. The summed E-state index contributed by atoms with van der Waals surface area (Å²) in [7, 11) is 0. The quantitative estimate of drug-likeness (QED) is 0.742. The fourth-order valence-electron chi connectivity index (χ4n) is 2.14. The van der Waals surface area contributed by atoms with Crippen molar-refractivity contribution in [2.24, 2.45) is 0 Å². The first-order valence-electron chi connectivity index (χ1n) is 7.47. The van der Waals surface area contributed by atoms with Gasteiger partial charge in [0, 0.05) is 11.3 Å². The number of hydrogen-bond donors (Lipinski definition) is 2. The number of aryl methyl sites for hydroxylation is 1. The van der Waals surface area contributed by atoms with Gasteiger partial charge in [-0.25, -0.2) is 9.37 Å². The largest absolute Gasteiger partial charge is 0.354 e. The summed E-state index contributed by atoms with van der Waals surface area (Å²) >= 11 is 0. The summed E-state index contributed by atoms with van der Waals surface area (Å²) in [6, 6.07) is 16.9. The lowest BCUT2D eigenvalue weighted by atomic mass is 10.1. The highest BCUT2D eigenvalue weighted by atomic mass is 19.1. The van der Waals surface area contributed by atoms with Crippen LogP contribution in [-0.4, -0.2) is 10.9 Å². The van der Waals surface area contributed by atoms with Crippen LogP contribution in [-0.2, 0) is 0 Å². The van der Waals surface area contributed by atoms with Crippen molar-refractivity contribution in [2.45, 2.75) is 6.92 Å². The number of anilines is 3. The number of aromatic nitrogens is 1. The topological polar surface area (TPSA) is 54.0 Å². The van der Waals surface area contributed by atoms with Gasteiger partial charge in [-0.3, -0.25) is 4.79 Å². The Morgan fingerprint density at radius 1 is 0.917 bits per heavy atom. The molecule has 1 aromatic heterocycles. The third kappa shape index (κ3) is 3.95. The van der Waals surface area contributed by atoms with Crippen molar-refractivity contribution in [1.29, 1.82) is 0 Å². The Bertz CT molecular complexity index is 828. The lowest BCUT2D eigenvalue weighted by molar-refractivity contribution is 0.102. The molecule has 1 amide bonds.